The van der Waals surface area contributed by atoms with Crippen molar-refractivity contribution in [2.45, 2.75) is 13.0 Å². The molecular formula is C15H15NO2. The van der Waals surface area contributed by atoms with Crippen molar-refractivity contribution in [1.29, 1.82) is 0 Å². The fourth-order valence-electron chi connectivity index (χ4n) is 1.72. The first-order chi connectivity index (χ1) is 8.66. The molecule has 1 unspecified atom stereocenters. The maximum absolute atomic E-state index is 11.9. The summed E-state index contributed by atoms with van der Waals surface area (Å²) in [7, 11) is 0. The summed E-state index contributed by atoms with van der Waals surface area (Å²) in [5, 5.41) is 12.6. The van der Waals surface area contributed by atoms with Gasteiger partial charge in [-0.15, -0.1) is 0 Å². The van der Waals surface area contributed by atoms with Crippen LogP contribution in [0.2, 0.25) is 0 Å². The maximum atomic E-state index is 11.9. The van der Waals surface area contributed by atoms with Crippen molar-refractivity contribution in [3.05, 3.63) is 65.7 Å². The first-order valence-electron chi connectivity index (χ1n) is 5.77. The number of carbonyl (C=O) groups excluding carboxylic acids is 1. The van der Waals surface area contributed by atoms with E-state index in [0.717, 1.165) is 5.56 Å². The molecule has 2 aromatic carbocycles. The Kier molecular flexibility index (Phi) is 3.75. The first-order valence-corrected chi connectivity index (χ1v) is 5.77. The number of carbonyl (C=O) groups is 1. The average molecular weight is 241 g/mol. The van der Waals surface area contributed by atoms with E-state index in [9.17, 15) is 9.90 Å². The molecule has 92 valence electrons. The highest BCUT2D eigenvalue weighted by atomic mass is 16.3. The van der Waals surface area contributed by atoms with E-state index in [4.69, 9.17) is 0 Å². The Balaban J connectivity index is 2.10. The number of aryl methyl sites for hydroxylation is 1. The summed E-state index contributed by atoms with van der Waals surface area (Å²) in [6.45, 7) is 1.92. The molecule has 2 rings (SSSR count). The molecule has 0 aliphatic rings. The Hall–Kier alpha value is -2.13. The summed E-state index contributed by atoms with van der Waals surface area (Å²) in [5.74, 6) is -0.424. The number of rotatable bonds is 3. The molecule has 0 saturated heterocycles. The van der Waals surface area contributed by atoms with Crippen LogP contribution >= 0.6 is 0 Å². The predicted octanol–water partition coefficient (Wildman–Crippen LogP) is 2.67. The molecule has 0 aromatic heterocycles. The molecule has 0 bridgehead atoms. The van der Waals surface area contributed by atoms with Gasteiger partial charge >= 0.3 is 0 Å². The van der Waals surface area contributed by atoms with Gasteiger partial charge in [0.15, 0.2) is 6.10 Å². The number of amides is 1. The summed E-state index contributed by atoms with van der Waals surface area (Å²) in [6.07, 6.45) is -1.15. The second-order valence-electron chi connectivity index (χ2n) is 4.17. The zero-order valence-corrected chi connectivity index (χ0v) is 10.1. The minimum atomic E-state index is -1.15. The second-order valence-corrected chi connectivity index (χ2v) is 4.17. The van der Waals surface area contributed by atoms with Crippen LogP contribution in [0.15, 0.2) is 54.6 Å². The van der Waals surface area contributed by atoms with E-state index in [-0.39, 0.29) is 0 Å². The molecule has 0 aliphatic carbocycles. The largest absolute Gasteiger partial charge is 0.378 e. The quantitative estimate of drug-likeness (QED) is 0.868. The van der Waals surface area contributed by atoms with Crippen LogP contribution < -0.4 is 5.32 Å². The van der Waals surface area contributed by atoms with E-state index < -0.39 is 12.0 Å². The number of anilines is 1. The van der Waals surface area contributed by atoms with Crippen molar-refractivity contribution in [3.63, 3.8) is 0 Å². The molecule has 0 aliphatic heterocycles. The topological polar surface area (TPSA) is 49.3 Å². The molecular weight excluding hydrogens is 226 g/mol. The Labute approximate surface area is 106 Å². The smallest absolute Gasteiger partial charge is 0.257 e. The number of aliphatic hydroxyl groups is 1. The van der Waals surface area contributed by atoms with Crippen molar-refractivity contribution < 1.29 is 9.90 Å². The summed E-state index contributed by atoms with van der Waals surface area (Å²) >= 11 is 0. The molecule has 1 atom stereocenters. The van der Waals surface area contributed by atoms with Crippen molar-refractivity contribution in [2.24, 2.45) is 0 Å². The number of nitrogens with one attached hydrogen (secondary N) is 1. The van der Waals surface area contributed by atoms with Gasteiger partial charge in [0, 0.05) is 5.69 Å². The predicted molar refractivity (Wildman–Crippen MR) is 71.2 cm³/mol. The highest BCUT2D eigenvalue weighted by molar-refractivity contribution is 5.94. The Morgan fingerprint density at radius 3 is 2.50 bits per heavy atom. The number of hydrogen-bond acceptors (Lipinski definition) is 2. The minimum absolute atomic E-state index is 0.424. The lowest BCUT2D eigenvalue weighted by atomic mass is 10.1. The third kappa shape index (κ3) is 2.96. The van der Waals surface area contributed by atoms with Crippen molar-refractivity contribution >= 4 is 11.6 Å². The van der Waals surface area contributed by atoms with Crippen LogP contribution in [0.5, 0.6) is 0 Å². The van der Waals surface area contributed by atoms with E-state index in [1.807, 2.05) is 37.3 Å². The average Bonchev–Trinajstić information content (AvgIpc) is 2.39. The molecule has 0 radical (unpaired) electrons. The van der Waals surface area contributed by atoms with Crippen molar-refractivity contribution in [1.82, 2.24) is 0 Å². The zero-order valence-electron chi connectivity index (χ0n) is 10.1. The first kappa shape index (κ1) is 12.3. The summed E-state index contributed by atoms with van der Waals surface area (Å²) in [4.78, 5) is 11.9. The van der Waals surface area contributed by atoms with Crippen LogP contribution in [-0.2, 0) is 4.79 Å². The number of aliphatic hydroxyl groups excluding tert-OH is 1. The fourth-order valence-corrected chi connectivity index (χ4v) is 1.72. The van der Waals surface area contributed by atoms with Crippen LogP contribution in [-0.4, -0.2) is 11.0 Å². The molecule has 2 N–H and O–H groups in total. The monoisotopic (exact) mass is 241 g/mol. The van der Waals surface area contributed by atoms with Gasteiger partial charge in [-0.2, -0.15) is 0 Å². The molecule has 0 saturated carbocycles. The van der Waals surface area contributed by atoms with E-state index in [0.29, 0.717) is 11.3 Å². The summed E-state index contributed by atoms with van der Waals surface area (Å²) in [5.41, 5.74) is 2.29. The van der Waals surface area contributed by atoms with Gasteiger partial charge in [0.1, 0.15) is 0 Å². The standard InChI is InChI=1S/C15H15NO2/c1-11-6-5-7-12(10-11)14(17)15(18)16-13-8-3-2-4-9-13/h2-10,14,17H,1H3,(H,16,18). The zero-order chi connectivity index (χ0) is 13.0. The van der Waals surface area contributed by atoms with Crippen LogP contribution in [0.1, 0.15) is 17.2 Å². The van der Waals surface area contributed by atoms with Crippen LogP contribution in [0.25, 0.3) is 0 Å². The normalized spacial score (nSPS) is 11.9. The number of hydrogen-bond donors (Lipinski definition) is 2. The Morgan fingerprint density at radius 2 is 1.83 bits per heavy atom. The van der Waals surface area contributed by atoms with Gasteiger partial charge in [-0.05, 0) is 24.6 Å². The SMILES string of the molecule is Cc1cccc(C(O)C(=O)Nc2ccccc2)c1. The Morgan fingerprint density at radius 1 is 1.11 bits per heavy atom. The van der Waals surface area contributed by atoms with Gasteiger partial charge in [0.2, 0.25) is 0 Å². The maximum Gasteiger partial charge on any atom is 0.257 e. The molecule has 1 amide bonds. The number of para-hydroxylation sites is 1. The van der Waals surface area contributed by atoms with Crippen LogP contribution in [0.3, 0.4) is 0 Å². The molecule has 0 spiro atoms. The van der Waals surface area contributed by atoms with Crippen LogP contribution in [0, 0.1) is 6.92 Å². The van der Waals surface area contributed by atoms with Crippen molar-refractivity contribution in [2.75, 3.05) is 5.32 Å². The van der Waals surface area contributed by atoms with Crippen molar-refractivity contribution in [3.8, 4) is 0 Å². The molecule has 18 heavy (non-hydrogen) atoms. The molecule has 3 nitrogen and oxygen atoms in total. The molecule has 2 aromatic rings. The van der Waals surface area contributed by atoms with E-state index in [1.165, 1.54) is 0 Å². The van der Waals surface area contributed by atoms with Crippen LogP contribution in [0.4, 0.5) is 5.69 Å². The minimum Gasteiger partial charge on any atom is -0.378 e. The van der Waals surface area contributed by atoms with E-state index in [1.54, 1.807) is 24.3 Å². The lowest BCUT2D eigenvalue weighted by Gasteiger charge is -2.12. The van der Waals surface area contributed by atoms with Gasteiger partial charge in [-0.1, -0.05) is 48.0 Å². The lowest BCUT2D eigenvalue weighted by Crippen LogP contribution is -2.20. The summed E-state index contributed by atoms with van der Waals surface area (Å²) < 4.78 is 0. The lowest BCUT2D eigenvalue weighted by molar-refractivity contribution is -0.124. The molecule has 0 heterocycles. The third-order valence-electron chi connectivity index (χ3n) is 2.65. The third-order valence-corrected chi connectivity index (χ3v) is 2.65. The van der Waals surface area contributed by atoms with Gasteiger partial charge in [0.25, 0.3) is 5.91 Å². The van der Waals surface area contributed by atoms with E-state index in [2.05, 4.69) is 5.32 Å². The summed E-state index contributed by atoms with van der Waals surface area (Å²) in [6, 6.07) is 16.4. The number of benzene rings is 2. The Bertz CT molecular complexity index is 537. The molecule has 0 fully saturated rings. The highest BCUT2D eigenvalue weighted by Crippen LogP contribution is 2.16. The van der Waals surface area contributed by atoms with Gasteiger partial charge in [-0.25, -0.2) is 0 Å². The second kappa shape index (κ2) is 5.47. The van der Waals surface area contributed by atoms with Gasteiger partial charge < -0.3 is 10.4 Å². The van der Waals surface area contributed by atoms with Gasteiger partial charge in [0.05, 0.1) is 0 Å². The highest BCUT2D eigenvalue weighted by Gasteiger charge is 2.17. The van der Waals surface area contributed by atoms with Gasteiger partial charge in [-0.3, -0.25) is 4.79 Å². The van der Waals surface area contributed by atoms with E-state index >= 15 is 0 Å². The molecule has 3 heteroatoms. The fraction of sp³-hybridized carbons (Fsp3) is 0.133.